The summed E-state index contributed by atoms with van der Waals surface area (Å²) in [5.41, 5.74) is 1.06. The Morgan fingerprint density at radius 2 is 2.03 bits per heavy atom. The lowest BCUT2D eigenvalue weighted by atomic mass is 9.69. The molecular formula is C20H18F3N3O3S2. The third-order valence-electron chi connectivity index (χ3n) is 5.09. The minimum Gasteiger partial charge on any atom is -0.406 e. The molecule has 0 atom stereocenters. The van der Waals surface area contributed by atoms with Crippen LogP contribution in [0.15, 0.2) is 39.5 Å². The SMILES string of the molecule is O=C1NC(=NCC2(CO)CCC2)S/C1=C/c1csc(-c2ccc(OC(F)(F)F)cc2)n1. The van der Waals surface area contributed by atoms with Gasteiger partial charge in [0, 0.05) is 22.9 Å². The van der Waals surface area contributed by atoms with Crippen molar-refractivity contribution in [2.24, 2.45) is 10.4 Å². The lowest BCUT2D eigenvalue weighted by Gasteiger charge is -2.38. The number of ether oxygens (including phenoxy) is 1. The summed E-state index contributed by atoms with van der Waals surface area (Å²) in [5, 5.41) is 15.1. The average molecular weight is 470 g/mol. The van der Waals surface area contributed by atoms with Gasteiger partial charge in [0.15, 0.2) is 5.17 Å². The molecule has 1 saturated heterocycles. The van der Waals surface area contributed by atoms with E-state index in [1.54, 1.807) is 11.5 Å². The number of thiazole rings is 1. The van der Waals surface area contributed by atoms with Gasteiger partial charge >= 0.3 is 6.36 Å². The van der Waals surface area contributed by atoms with E-state index in [0.717, 1.165) is 19.3 Å². The summed E-state index contributed by atoms with van der Waals surface area (Å²) in [6, 6.07) is 5.45. The minimum absolute atomic E-state index is 0.0933. The molecule has 2 aromatic rings. The van der Waals surface area contributed by atoms with E-state index in [1.165, 1.54) is 47.4 Å². The van der Waals surface area contributed by atoms with Gasteiger partial charge in [0.25, 0.3) is 5.91 Å². The number of rotatable bonds is 6. The van der Waals surface area contributed by atoms with Crippen LogP contribution in [0.25, 0.3) is 16.6 Å². The fraction of sp³-hybridized carbons (Fsp3) is 0.350. The summed E-state index contributed by atoms with van der Waals surface area (Å²) in [4.78, 5) is 21.6. The summed E-state index contributed by atoms with van der Waals surface area (Å²) in [5.74, 6) is -0.565. The molecule has 1 aliphatic carbocycles. The van der Waals surface area contributed by atoms with Crippen molar-refractivity contribution in [2.75, 3.05) is 13.2 Å². The van der Waals surface area contributed by atoms with Crippen molar-refractivity contribution in [3.8, 4) is 16.3 Å². The predicted octanol–water partition coefficient (Wildman–Crippen LogP) is 4.43. The van der Waals surface area contributed by atoms with Gasteiger partial charge in [-0.3, -0.25) is 9.79 Å². The molecule has 2 heterocycles. The number of aliphatic hydroxyl groups is 1. The maximum Gasteiger partial charge on any atom is 0.573 e. The highest BCUT2D eigenvalue weighted by molar-refractivity contribution is 8.18. The van der Waals surface area contributed by atoms with Crippen molar-refractivity contribution in [2.45, 2.75) is 25.6 Å². The van der Waals surface area contributed by atoms with Crippen molar-refractivity contribution in [3.63, 3.8) is 0 Å². The van der Waals surface area contributed by atoms with Crippen LogP contribution in [0.2, 0.25) is 0 Å². The standard InChI is InChI=1S/C20H18F3N3O3S2/c21-20(22,23)29-14-4-2-12(3-5-14)17-25-13(9-30-17)8-15-16(28)26-18(31-15)24-10-19(11-27)6-1-7-19/h2-5,8-9,27H,1,6-7,10-11H2,(H,24,26,28)/b15-8+. The number of nitrogens with zero attached hydrogens (tertiary/aromatic N) is 2. The van der Waals surface area contributed by atoms with Gasteiger partial charge in [-0.2, -0.15) is 0 Å². The number of halogens is 3. The van der Waals surface area contributed by atoms with Crippen LogP contribution in [-0.2, 0) is 4.79 Å². The number of amides is 1. The second-order valence-corrected chi connectivity index (χ2v) is 9.24. The van der Waals surface area contributed by atoms with Gasteiger partial charge in [0.1, 0.15) is 10.8 Å². The number of nitrogens with one attached hydrogen (secondary N) is 1. The van der Waals surface area contributed by atoms with Gasteiger partial charge in [0.05, 0.1) is 17.2 Å². The summed E-state index contributed by atoms with van der Waals surface area (Å²) in [7, 11) is 0. The van der Waals surface area contributed by atoms with Crippen LogP contribution < -0.4 is 10.1 Å². The van der Waals surface area contributed by atoms with E-state index >= 15 is 0 Å². The van der Waals surface area contributed by atoms with Crippen molar-refractivity contribution in [1.29, 1.82) is 0 Å². The molecule has 1 aliphatic heterocycles. The van der Waals surface area contributed by atoms with Gasteiger partial charge in [-0.15, -0.1) is 24.5 Å². The van der Waals surface area contributed by atoms with Crippen molar-refractivity contribution in [3.05, 3.63) is 40.2 Å². The van der Waals surface area contributed by atoms with E-state index in [1.807, 2.05) is 0 Å². The van der Waals surface area contributed by atoms with E-state index < -0.39 is 6.36 Å². The first-order chi connectivity index (χ1) is 14.8. The first-order valence-electron chi connectivity index (χ1n) is 9.43. The Morgan fingerprint density at radius 1 is 1.29 bits per heavy atom. The fourth-order valence-corrected chi connectivity index (χ4v) is 4.79. The summed E-state index contributed by atoms with van der Waals surface area (Å²) >= 11 is 2.54. The third kappa shape index (κ3) is 5.28. The quantitative estimate of drug-likeness (QED) is 0.612. The molecule has 0 unspecified atom stereocenters. The highest BCUT2D eigenvalue weighted by Crippen LogP contribution is 2.41. The highest BCUT2D eigenvalue weighted by atomic mass is 32.2. The number of carbonyl (C=O) groups is 1. The first-order valence-corrected chi connectivity index (χ1v) is 11.1. The number of amidine groups is 1. The Hall–Kier alpha value is -2.37. The number of thioether (sulfide) groups is 1. The molecule has 0 spiro atoms. The van der Waals surface area contributed by atoms with Crippen LogP contribution >= 0.6 is 23.1 Å². The van der Waals surface area contributed by atoms with Crippen LogP contribution in [0, 0.1) is 5.41 Å². The molecule has 11 heteroatoms. The number of benzene rings is 1. The molecule has 0 radical (unpaired) electrons. The Kier molecular flexibility index (Phi) is 6.09. The number of aliphatic imine (C=N–C) groups is 1. The van der Waals surface area contributed by atoms with E-state index in [4.69, 9.17) is 0 Å². The van der Waals surface area contributed by atoms with Crippen molar-refractivity contribution < 1.29 is 27.8 Å². The molecule has 2 aliphatic rings. The zero-order valence-electron chi connectivity index (χ0n) is 16.1. The topological polar surface area (TPSA) is 83.8 Å². The van der Waals surface area contributed by atoms with Gasteiger partial charge in [-0.05, 0) is 54.9 Å². The highest BCUT2D eigenvalue weighted by Gasteiger charge is 2.36. The summed E-state index contributed by atoms with van der Waals surface area (Å²) in [6.45, 7) is 0.574. The first kappa shape index (κ1) is 21.8. The second-order valence-electron chi connectivity index (χ2n) is 7.35. The monoisotopic (exact) mass is 469 g/mol. The lowest BCUT2D eigenvalue weighted by molar-refractivity contribution is -0.274. The largest absolute Gasteiger partial charge is 0.573 e. The molecule has 2 fully saturated rings. The normalized spacial score (nSPS) is 20.7. The molecule has 2 N–H and O–H groups in total. The van der Waals surface area contributed by atoms with Gasteiger partial charge < -0.3 is 15.2 Å². The van der Waals surface area contributed by atoms with Crippen LogP contribution in [0.3, 0.4) is 0 Å². The maximum atomic E-state index is 12.3. The molecule has 164 valence electrons. The Morgan fingerprint density at radius 3 is 2.65 bits per heavy atom. The van der Waals surface area contributed by atoms with Gasteiger partial charge in [0.2, 0.25) is 0 Å². The number of carbonyl (C=O) groups excluding carboxylic acids is 1. The second kappa shape index (κ2) is 8.64. The molecule has 4 rings (SSSR count). The zero-order valence-corrected chi connectivity index (χ0v) is 17.7. The van der Waals surface area contributed by atoms with E-state index in [0.29, 0.717) is 32.9 Å². The van der Waals surface area contributed by atoms with Crippen molar-refractivity contribution >= 4 is 40.2 Å². The van der Waals surface area contributed by atoms with Gasteiger partial charge in [-0.25, -0.2) is 4.98 Å². The molecule has 1 aromatic carbocycles. The number of aromatic nitrogens is 1. The summed E-state index contributed by atoms with van der Waals surface area (Å²) < 4.78 is 40.7. The van der Waals surface area contributed by atoms with Crippen LogP contribution in [0.5, 0.6) is 5.75 Å². The smallest absolute Gasteiger partial charge is 0.406 e. The zero-order chi connectivity index (χ0) is 22.1. The lowest BCUT2D eigenvalue weighted by Crippen LogP contribution is -2.37. The van der Waals surface area contributed by atoms with Crippen LogP contribution in [0.1, 0.15) is 25.0 Å². The maximum absolute atomic E-state index is 12.3. The fourth-order valence-electron chi connectivity index (χ4n) is 3.20. The number of aliphatic hydroxyl groups excluding tert-OH is 1. The number of hydrogen-bond donors (Lipinski definition) is 2. The van der Waals surface area contributed by atoms with Crippen LogP contribution in [-0.4, -0.2) is 40.7 Å². The predicted molar refractivity (Wildman–Crippen MR) is 114 cm³/mol. The molecule has 1 aromatic heterocycles. The Bertz CT molecular complexity index is 1020. The summed E-state index contributed by atoms with van der Waals surface area (Å²) in [6.07, 6.45) is -0.131. The molecule has 0 bridgehead atoms. The van der Waals surface area contributed by atoms with E-state index in [9.17, 15) is 23.1 Å². The van der Waals surface area contributed by atoms with Crippen molar-refractivity contribution in [1.82, 2.24) is 10.3 Å². The molecule has 6 nitrogen and oxygen atoms in total. The molecule has 1 amide bonds. The van der Waals surface area contributed by atoms with Crippen LogP contribution in [0.4, 0.5) is 13.2 Å². The Labute approximate surface area is 184 Å². The minimum atomic E-state index is -4.74. The average Bonchev–Trinajstić information content (AvgIpc) is 3.28. The number of alkyl halides is 3. The van der Waals surface area contributed by atoms with Gasteiger partial charge in [-0.1, -0.05) is 6.42 Å². The third-order valence-corrected chi connectivity index (χ3v) is 6.95. The Balaban J connectivity index is 1.42. The molecule has 31 heavy (non-hydrogen) atoms. The molecule has 1 saturated carbocycles. The van der Waals surface area contributed by atoms with E-state index in [-0.39, 0.29) is 23.7 Å². The van der Waals surface area contributed by atoms with E-state index in [2.05, 4.69) is 20.0 Å². The number of hydrogen-bond acceptors (Lipinski definition) is 7. The molecular weight excluding hydrogens is 451 g/mol.